The van der Waals surface area contributed by atoms with Gasteiger partial charge in [0.15, 0.2) is 0 Å². The molecule has 0 aromatic heterocycles. The SMILES string of the molecule is C=C1c2ccccc2C(=O)N1CC(=O)N(C)CC(=O)N1CCCC(C(=O)O)C1. The number of hydrogen-bond donors (Lipinski definition) is 1. The number of rotatable bonds is 5. The zero-order valence-corrected chi connectivity index (χ0v) is 15.8. The van der Waals surface area contributed by atoms with Crippen molar-refractivity contribution in [2.75, 3.05) is 33.2 Å². The van der Waals surface area contributed by atoms with E-state index in [1.54, 1.807) is 24.3 Å². The first kappa shape index (κ1) is 19.6. The highest BCUT2D eigenvalue weighted by atomic mass is 16.4. The highest BCUT2D eigenvalue weighted by Gasteiger charge is 2.33. The standard InChI is InChI=1S/C20H23N3O5/c1-13-15-7-3-4-8-16(15)19(26)23(13)12-17(24)21(2)11-18(25)22-9-5-6-14(10-22)20(27)28/h3-4,7-8,14H,1,5-6,9-12H2,2H3,(H,27,28). The van der Waals surface area contributed by atoms with Gasteiger partial charge in [0.2, 0.25) is 11.8 Å². The van der Waals surface area contributed by atoms with E-state index in [-0.39, 0.29) is 37.4 Å². The van der Waals surface area contributed by atoms with Gasteiger partial charge in [-0.3, -0.25) is 24.1 Å². The molecule has 0 bridgehead atoms. The van der Waals surface area contributed by atoms with Crippen molar-refractivity contribution in [1.29, 1.82) is 0 Å². The lowest BCUT2D eigenvalue weighted by molar-refractivity contribution is -0.147. The van der Waals surface area contributed by atoms with Crippen molar-refractivity contribution in [3.05, 3.63) is 42.0 Å². The minimum Gasteiger partial charge on any atom is -0.481 e. The molecular formula is C20H23N3O5. The van der Waals surface area contributed by atoms with E-state index in [9.17, 15) is 19.2 Å². The fourth-order valence-electron chi connectivity index (χ4n) is 3.55. The van der Waals surface area contributed by atoms with E-state index in [0.717, 1.165) is 0 Å². The Balaban J connectivity index is 1.58. The first-order valence-corrected chi connectivity index (χ1v) is 9.14. The van der Waals surface area contributed by atoms with E-state index in [2.05, 4.69) is 6.58 Å². The van der Waals surface area contributed by atoms with Crippen molar-refractivity contribution in [3.63, 3.8) is 0 Å². The Labute approximate surface area is 163 Å². The summed E-state index contributed by atoms with van der Waals surface area (Å²) >= 11 is 0. The zero-order chi connectivity index (χ0) is 20.4. The average molecular weight is 385 g/mol. The highest BCUT2D eigenvalue weighted by Crippen LogP contribution is 2.30. The van der Waals surface area contributed by atoms with Crippen LogP contribution in [0.5, 0.6) is 0 Å². The van der Waals surface area contributed by atoms with Gasteiger partial charge in [0.25, 0.3) is 5.91 Å². The maximum atomic E-state index is 12.6. The number of carbonyl (C=O) groups is 4. The fraction of sp³-hybridized carbons (Fsp3) is 0.400. The lowest BCUT2D eigenvalue weighted by Crippen LogP contribution is -2.48. The maximum absolute atomic E-state index is 12.6. The summed E-state index contributed by atoms with van der Waals surface area (Å²) in [6, 6.07) is 7.03. The summed E-state index contributed by atoms with van der Waals surface area (Å²) in [5.41, 5.74) is 1.67. The summed E-state index contributed by atoms with van der Waals surface area (Å²) in [6.07, 6.45) is 1.17. The Morgan fingerprint density at radius 1 is 1.25 bits per heavy atom. The van der Waals surface area contributed by atoms with Crippen molar-refractivity contribution >= 4 is 29.4 Å². The quantitative estimate of drug-likeness (QED) is 0.812. The molecule has 8 heteroatoms. The van der Waals surface area contributed by atoms with Crippen molar-refractivity contribution in [1.82, 2.24) is 14.7 Å². The topological polar surface area (TPSA) is 98.2 Å². The molecule has 0 saturated carbocycles. The van der Waals surface area contributed by atoms with Gasteiger partial charge in [0.1, 0.15) is 6.54 Å². The van der Waals surface area contributed by atoms with Crippen LogP contribution < -0.4 is 0 Å². The third-order valence-corrected chi connectivity index (χ3v) is 5.25. The van der Waals surface area contributed by atoms with Crippen molar-refractivity contribution in [2.24, 2.45) is 5.92 Å². The minimum absolute atomic E-state index is 0.160. The smallest absolute Gasteiger partial charge is 0.308 e. The number of carbonyl (C=O) groups excluding carboxylic acids is 3. The van der Waals surface area contributed by atoms with Gasteiger partial charge < -0.3 is 14.9 Å². The predicted octanol–water partition coefficient (Wildman–Crippen LogP) is 0.895. The van der Waals surface area contributed by atoms with Gasteiger partial charge in [-0.15, -0.1) is 0 Å². The van der Waals surface area contributed by atoms with Gasteiger partial charge in [0, 0.05) is 37.0 Å². The number of carboxylic acids is 1. The molecule has 1 atom stereocenters. The largest absolute Gasteiger partial charge is 0.481 e. The summed E-state index contributed by atoms with van der Waals surface area (Å²) in [5.74, 6) is -2.44. The fourth-order valence-corrected chi connectivity index (χ4v) is 3.55. The summed E-state index contributed by atoms with van der Waals surface area (Å²) in [5, 5.41) is 9.14. The van der Waals surface area contributed by atoms with Gasteiger partial charge in [-0.05, 0) is 18.9 Å². The molecule has 0 radical (unpaired) electrons. The van der Waals surface area contributed by atoms with E-state index >= 15 is 0 Å². The summed E-state index contributed by atoms with van der Waals surface area (Å²) in [4.78, 5) is 52.7. The number of amides is 3. The number of aliphatic carboxylic acids is 1. The van der Waals surface area contributed by atoms with E-state index in [1.165, 1.54) is 21.7 Å². The molecule has 1 unspecified atom stereocenters. The molecule has 2 aliphatic heterocycles. The Morgan fingerprint density at radius 3 is 2.57 bits per heavy atom. The number of hydrogen-bond acceptors (Lipinski definition) is 4. The Morgan fingerprint density at radius 2 is 1.93 bits per heavy atom. The van der Waals surface area contributed by atoms with Crippen LogP contribution in [0, 0.1) is 5.92 Å². The molecule has 1 aromatic rings. The third-order valence-electron chi connectivity index (χ3n) is 5.25. The van der Waals surface area contributed by atoms with Crippen LogP contribution in [0.1, 0.15) is 28.8 Å². The molecule has 1 N–H and O–H groups in total. The van der Waals surface area contributed by atoms with E-state index in [0.29, 0.717) is 36.2 Å². The summed E-state index contributed by atoms with van der Waals surface area (Å²) in [6.45, 7) is 4.19. The van der Waals surface area contributed by atoms with E-state index in [4.69, 9.17) is 5.11 Å². The van der Waals surface area contributed by atoms with Crippen LogP contribution in [-0.4, -0.2) is 76.7 Å². The lowest BCUT2D eigenvalue weighted by Gasteiger charge is -2.32. The first-order valence-electron chi connectivity index (χ1n) is 9.14. The molecule has 2 heterocycles. The van der Waals surface area contributed by atoms with E-state index in [1.807, 2.05) is 0 Å². The molecule has 0 spiro atoms. The predicted molar refractivity (Wildman–Crippen MR) is 101 cm³/mol. The number of piperidine rings is 1. The van der Waals surface area contributed by atoms with Gasteiger partial charge in [-0.25, -0.2) is 0 Å². The second-order valence-electron chi connectivity index (χ2n) is 7.15. The Kier molecular flexibility index (Phi) is 5.48. The van der Waals surface area contributed by atoms with Crippen molar-refractivity contribution in [3.8, 4) is 0 Å². The first-order chi connectivity index (χ1) is 13.3. The minimum atomic E-state index is -0.910. The van der Waals surface area contributed by atoms with Gasteiger partial charge in [-0.1, -0.05) is 24.8 Å². The molecule has 3 rings (SSSR count). The molecular weight excluding hydrogens is 362 g/mol. The number of nitrogens with zero attached hydrogens (tertiary/aromatic N) is 3. The van der Waals surface area contributed by atoms with E-state index < -0.39 is 11.9 Å². The lowest BCUT2D eigenvalue weighted by atomic mass is 9.98. The Bertz CT molecular complexity index is 815. The second kappa shape index (κ2) is 7.84. The van der Waals surface area contributed by atoms with Crippen LogP contribution in [0.3, 0.4) is 0 Å². The maximum Gasteiger partial charge on any atom is 0.308 e. The summed E-state index contributed by atoms with van der Waals surface area (Å²) < 4.78 is 0. The van der Waals surface area contributed by atoms with Crippen LogP contribution in [-0.2, 0) is 14.4 Å². The molecule has 3 amide bonds. The van der Waals surface area contributed by atoms with Gasteiger partial charge >= 0.3 is 5.97 Å². The normalized spacial score (nSPS) is 18.8. The van der Waals surface area contributed by atoms with Crippen LogP contribution in [0.25, 0.3) is 5.70 Å². The molecule has 28 heavy (non-hydrogen) atoms. The van der Waals surface area contributed by atoms with Gasteiger partial charge in [0.05, 0.1) is 12.5 Å². The number of carboxylic acid groups (broad SMARTS) is 1. The molecule has 1 saturated heterocycles. The average Bonchev–Trinajstić information content (AvgIpc) is 2.93. The van der Waals surface area contributed by atoms with Crippen LogP contribution in [0.4, 0.5) is 0 Å². The van der Waals surface area contributed by atoms with Crippen LogP contribution in [0.15, 0.2) is 30.8 Å². The zero-order valence-electron chi connectivity index (χ0n) is 15.8. The Hall–Kier alpha value is -3.16. The molecule has 148 valence electrons. The monoisotopic (exact) mass is 385 g/mol. The van der Waals surface area contributed by atoms with Crippen LogP contribution >= 0.6 is 0 Å². The number of likely N-dealkylation sites (tertiary alicyclic amines) is 1. The second-order valence-corrected chi connectivity index (χ2v) is 7.15. The van der Waals surface area contributed by atoms with Crippen molar-refractivity contribution < 1.29 is 24.3 Å². The van der Waals surface area contributed by atoms with Gasteiger partial charge in [-0.2, -0.15) is 0 Å². The molecule has 0 aliphatic carbocycles. The molecule has 2 aliphatic rings. The van der Waals surface area contributed by atoms with Crippen LogP contribution in [0.2, 0.25) is 0 Å². The number of likely N-dealkylation sites (N-methyl/N-ethyl adjacent to an activating group) is 1. The summed E-state index contributed by atoms with van der Waals surface area (Å²) in [7, 11) is 1.50. The highest BCUT2D eigenvalue weighted by molar-refractivity contribution is 6.10. The molecule has 8 nitrogen and oxygen atoms in total. The number of benzene rings is 1. The third kappa shape index (κ3) is 3.76. The molecule has 1 aromatic carbocycles. The number of fused-ring (bicyclic) bond motifs is 1. The van der Waals surface area contributed by atoms with Crippen molar-refractivity contribution in [2.45, 2.75) is 12.8 Å². The molecule has 1 fully saturated rings.